The lowest BCUT2D eigenvalue weighted by atomic mass is 10.2. The monoisotopic (exact) mass is 409 g/mol. The summed E-state index contributed by atoms with van der Waals surface area (Å²) in [5.41, 5.74) is 2.40. The first-order valence-corrected chi connectivity index (χ1v) is 9.87. The van der Waals surface area contributed by atoms with E-state index in [1.165, 1.54) is 0 Å². The van der Waals surface area contributed by atoms with Gasteiger partial charge in [-0.15, -0.1) is 0 Å². The second-order valence-electron chi connectivity index (χ2n) is 6.66. The zero-order valence-corrected chi connectivity index (χ0v) is 16.7. The minimum atomic E-state index is -0.364. The molecule has 1 atom stereocenters. The molecule has 2 heterocycles. The average molecular weight is 409 g/mol. The summed E-state index contributed by atoms with van der Waals surface area (Å²) in [5.74, 6) is 0.348. The van der Waals surface area contributed by atoms with Crippen molar-refractivity contribution in [2.75, 3.05) is 18.6 Å². The smallest absolute Gasteiger partial charge is 0.298 e. The number of para-hydroxylation sites is 2. The number of benzene rings is 2. The number of carbonyl (C=O) groups is 2. The number of aromatic nitrogens is 1. The minimum Gasteiger partial charge on any atom is -0.491 e. The van der Waals surface area contributed by atoms with Crippen molar-refractivity contribution in [2.24, 2.45) is 0 Å². The van der Waals surface area contributed by atoms with Crippen molar-refractivity contribution in [1.29, 1.82) is 0 Å². The molecule has 29 heavy (non-hydrogen) atoms. The molecule has 0 spiro atoms. The van der Waals surface area contributed by atoms with Crippen molar-refractivity contribution in [3.05, 3.63) is 59.0 Å². The number of ether oxygens (including phenoxy) is 1. The second-order valence-corrected chi connectivity index (χ2v) is 7.67. The number of fused-ring (bicyclic) bond motifs is 1. The van der Waals surface area contributed by atoms with Gasteiger partial charge in [-0.2, -0.15) is 4.98 Å². The van der Waals surface area contributed by atoms with Crippen LogP contribution in [0.5, 0.6) is 5.75 Å². The van der Waals surface area contributed by atoms with Crippen molar-refractivity contribution in [3.63, 3.8) is 0 Å². The number of nitrogens with one attached hydrogen (secondary N) is 1. The highest BCUT2D eigenvalue weighted by Crippen LogP contribution is 2.26. The molecule has 0 saturated carbocycles. The Kier molecular flexibility index (Phi) is 5.26. The normalized spacial score (nSPS) is 16.3. The van der Waals surface area contributed by atoms with E-state index in [2.05, 4.69) is 10.3 Å². The molecule has 1 N–H and O–H groups in total. The molecule has 1 aromatic heterocycles. The van der Waals surface area contributed by atoms with Gasteiger partial charge in [0.25, 0.3) is 17.2 Å². The number of carbonyl (C=O) groups excluding carboxylic acids is 2. The van der Waals surface area contributed by atoms with Crippen LogP contribution in [0.25, 0.3) is 17.2 Å². The Balaban J connectivity index is 1.36. The molecule has 1 unspecified atom stereocenters. The Hall–Kier alpha value is -3.26. The number of rotatable bonds is 6. The van der Waals surface area contributed by atoms with Crippen molar-refractivity contribution in [3.8, 4) is 5.75 Å². The molecule has 0 radical (unpaired) electrons. The van der Waals surface area contributed by atoms with Crippen LogP contribution in [0.3, 0.4) is 0 Å². The number of imide groups is 1. The third-order valence-electron chi connectivity index (χ3n) is 4.56. The molecule has 3 aromatic rings. The highest BCUT2D eigenvalue weighted by atomic mass is 32.2. The van der Waals surface area contributed by atoms with Gasteiger partial charge in [0, 0.05) is 7.05 Å². The summed E-state index contributed by atoms with van der Waals surface area (Å²) >= 11 is 0.899. The molecule has 7 nitrogen and oxygen atoms in total. The highest BCUT2D eigenvalue weighted by molar-refractivity contribution is 8.18. The van der Waals surface area contributed by atoms with E-state index in [1.807, 2.05) is 67.4 Å². The van der Waals surface area contributed by atoms with Gasteiger partial charge in [0.1, 0.15) is 17.9 Å². The van der Waals surface area contributed by atoms with Gasteiger partial charge >= 0.3 is 0 Å². The van der Waals surface area contributed by atoms with Gasteiger partial charge in [0.2, 0.25) is 0 Å². The highest BCUT2D eigenvalue weighted by Gasteiger charge is 2.24. The maximum Gasteiger partial charge on any atom is 0.298 e. The molecule has 4 rings (SSSR count). The average Bonchev–Trinajstić information content (AvgIpc) is 3.29. The van der Waals surface area contributed by atoms with Crippen LogP contribution in [-0.2, 0) is 4.79 Å². The lowest BCUT2D eigenvalue weighted by molar-refractivity contribution is -0.115. The van der Waals surface area contributed by atoms with E-state index in [0.29, 0.717) is 23.3 Å². The van der Waals surface area contributed by atoms with Gasteiger partial charge in [-0.3, -0.25) is 14.9 Å². The lowest BCUT2D eigenvalue weighted by Crippen LogP contribution is -2.34. The van der Waals surface area contributed by atoms with Gasteiger partial charge in [-0.05, 0) is 54.6 Å². The molecule has 2 aromatic carbocycles. The van der Waals surface area contributed by atoms with Crippen LogP contribution in [0.4, 0.5) is 10.8 Å². The van der Waals surface area contributed by atoms with Crippen LogP contribution in [0.1, 0.15) is 12.5 Å². The first-order chi connectivity index (χ1) is 14.0. The predicted molar refractivity (Wildman–Crippen MR) is 113 cm³/mol. The summed E-state index contributed by atoms with van der Waals surface area (Å²) in [6.45, 7) is 2.48. The first kappa shape index (κ1) is 19.1. The second kappa shape index (κ2) is 8.00. The number of nitrogens with zero attached hydrogens (tertiary/aromatic N) is 2. The van der Waals surface area contributed by atoms with Crippen molar-refractivity contribution in [2.45, 2.75) is 13.0 Å². The molecular formula is C21H19N3O4S. The molecule has 0 aliphatic carbocycles. The third-order valence-corrected chi connectivity index (χ3v) is 5.37. The van der Waals surface area contributed by atoms with E-state index in [1.54, 1.807) is 6.08 Å². The molecule has 1 saturated heterocycles. The minimum absolute atomic E-state index is 0.0365. The summed E-state index contributed by atoms with van der Waals surface area (Å²) in [6, 6.07) is 15.6. The predicted octanol–water partition coefficient (Wildman–Crippen LogP) is 4.06. The van der Waals surface area contributed by atoms with E-state index in [-0.39, 0.29) is 17.2 Å². The van der Waals surface area contributed by atoms with E-state index in [4.69, 9.17) is 9.15 Å². The molecule has 0 bridgehead atoms. The Morgan fingerprint density at radius 2 is 1.97 bits per heavy atom. The maximum atomic E-state index is 11.6. The summed E-state index contributed by atoms with van der Waals surface area (Å²) in [4.78, 5) is 29.7. The number of anilines is 1. The fourth-order valence-electron chi connectivity index (χ4n) is 2.76. The molecule has 1 aliphatic rings. The number of likely N-dealkylation sites (N-methyl/N-ethyl adjacent to an activating group) is 1. The fourth-order valence-corrected chi connectivity index (χ4v) is 3.44. The summed E-state index contributed by atoms with van der Waals surface area (Å²) in [6.07, 6.45) is 1.68. The van der Waals surface area contributed by atoms with Gasteiger partial charge in [0.05, 0.1) is 10.9 Å². The summed E-state index contributed by atoms with van der Waals surface area (Å²) in [5, 5.41) is 1.89. The molecule has 8 heteroatoms. The van der Waals surface area contributed by atoms with Gasteiger partial charge in [-0.1, -0.05) is 24.3 Å². The zero-order valence-electron chi connectivity index (χ0n) is 15.9. The molecule has 1 aliphatic heterocycles. The fraction of sp³-hybridized carbons (Fsp3) is 0.190. The number of amides is 2. The molecule has 148 valence electrons. The van der Waals surface area contributed by atoms with Gasteiger partial charge in [0.15, 0.2) is 5.58 Å². The zero-order chi connectivity index (χ0) is 20.4. The van der Waals surface area contributed by atoms with Crippen LogP contribution in [-0.4, -0.2) is 35.8 Å². The van der Waals surface area contributed by atoms with E-state index < -0.39 is 0 Å². The SMILES string of the molecule is CC(COc1ccc(/C=C2\SC(=O)NC2=O)cc1)N(C)c1nc2ccccc2o1. The van der Waals surface area contributed by atoms with Crippen molar-refractivity contribution < 1.29 is 18.7 Å². The Labute approximate surface area is 171 Å². The Morgan fingerprint density at radius 1 is 1.21 bits per heavy atom. The molecule has 2 amide bonds. The van der Waals surface area contributed by atoms with Crippen molar-refractivity contribution >= 4 is 46.1 Å². The standard InChI is InChI=1S/C21H19N3O4S/c1-13(24(2)20-22-16-5-3-4-6-17(16)28-20)12-27-15-9-7-14(8-10-15)11-18-19(25)23-21(26)29-18/h3-11,13H,12H2,1-2H3,(H,23,25,26)/b18-11-. The van der Waals surface area contributed by atoms with Crippen LogP contribution in [0, 0.1) is 0 Å². The van der Waals surface area contributed by atoms with Gasteiger partial charge < -0.3 is 14.1 Å². The van der Waals surface area contributed by atoms with Gasteiger partial charge in [-0.25, -0.2) is 0 Å². The Bertz CT molecular complexity index is 1060. The summed E-state index contributed by atoms with van der Waals surface area (Å²) in [7, 11) is 1.92. The van der Waals surface area contributed by atoms with E-state index in [9.17, 15) is 9.59 Å². The van der Waals surface area contributed by atoms with E-state index >= 15 is 0 Å². The van der Waals surface area contributed by atoms with Crippen LogP contribution >= 0.6 is 11.8 Å². The number of hydrogen-bond acceptors (Lipinski definition) is 7. The number of oxazole rings is 1. The van der Waals surface area contributed by atoms with Crippen LogP contribution in [0.2, 0.25) is 0 Å². The molecular weight excluding hydrogens is 390 g/mol. The first-order valence-electron chi connectivity index (χ1n) is 9.06. The van der Waals surface area contributed by atoms with Crippen LogP contribution in [0.15, 0.2) is 57.9 Å². The van der Waals surface area contributed by atoms with E-state index in [0.717, 1.165) is 28.4 Å². The topological polar surface area (TPSA) is 84.7 Å². The number of thioether (sulfide) groups is 1. The largest absolute Gasteiger partial charge is 0.491 e. The maximum absolute atomic E-state index is 11.6. The molecule has 1 fully saturated rings. The Morgan fingerprint density at radius 3 is 2.66 bits per heavy atom. The lowest BCUT2D eigenvalue weighted by Gasteiger charge is -2.23. The third kappa shape index (κ3) is 4.27. The number of hydrogen-bond donors (Lipinski definition) is 1. The van der Waals surface area contributed by atoms with Crippen LogP contribution < -0.4 is 15.0 Å². The van der Waals surface area contributed by atoms with Crippen molar-refractivity contribution in [1.82, 2.24) is 10.3 Å². The quantitative estimate of drug-likeness (QED) is 0.615. The summed E-state index contributed by atoms with van der Waals surface area (Å²) < 4.78 is 11.7.